The Hall–Kier alpha value is -1.31. The summed E-state index contributed by atoms with van der Waals surface area (Å²) in [5.74, 6) is 3.31. The van der Waals surface area contributed by atoms with Gasteiger partial charge < -0.3 is 9.57 Å². The molecule has 0 N–H and O–H groups in total. The maximum absolute atomic E-state index is 13.1. The van der Waals surface area contributed by atoms with E-state index < -0.39 is 0 Å². The first-order valence-corrected chi connectivity index (χ1v) is 13.1. The Bertz CT molecular complexity index is 856. The number of rotatable bonds is 8. The number of oxime groups is 1. The molecular formula is C23H30ClNO4S2. The van der Waals surface area contributed by atoms with Gasteiger partial charge >= 0.3 is 5.97 Å². The largest absolute Gasteiger partial charge is 0.430 e. The molecule has 1 fully saturated rings. The first-order valence-electron chi connectivity index (χ1n) is 10.8. The van der Waals surface area contributed by atoms with E-state index in [0.717, 1.165) is 17.1 Å². The maximum atomic E-state index is 13.1. The molecule has 0 radical (unpaired) electrons. The Morgan fingerprint density at radius 2 is 2.10 bits per heavy atom. The van der Waals surface area contributed by atoms with Gasteiger partial charge in [0.25, 0.3) is 0 Å². The van der Waals surface area contributed by atoms with E-state index >= 15 is 0 Å². The van der Waals surface area contributed by atoms with Gasteiger partial charge in [0.15, 0.2) is 12.4 Å². The number of carbonyl (C=O) groups excluding carboxylic acids is 2. The van der Waals surface area contributed by atoms with E-state index in [0.29, 0.717) is 46.6 Å². The molecule has 1 saturated heterocycles. The average molecular weight is 484 g/mol. The van der Waals surface area contributed by atoms with Gasteiger partial charge in [-0.1, -0.05) is 30.6 Å². The van der Waals surface area contributed by atoms with Crippen molar-refractivity contribution in [3.05, 3.63) is 32.7 Å². The van der Waals surface area contributed by atoms with E-state index in [4.69, 9.17) is 21.2 Å². The summed E-state index contributed by atoms with van der Waals surface area (Å²) in [4.78, 5) is 32.0. The van der Waals surface area contributed by atoms with Gasteiger partial charge in [0.05, 0.1) is 15.6 Å². The molecule has 1 aromatic heterocycles. The highest BCUT2D eigenvalue weighted by Crippen LogP contribution is 2.39. The van der Waals surface area contributed by atoms with Gasteiger partial charge in [-0.2, -0.15) is 11.8 Å². The summed E-state index contributed by atoms with van der Waals surface area (Å²) in [6, 6.07) is 3.69. The molecule has 0 saturated carbocycles. The summed E-state index contributed by atoms with van der Waals surface area (Å²) in [7, 11) is 0. The molecule has 0 spiro atoms. The first-order chi connectivity index (χ1) is 14.8. The van der Waals surface area contributed by atoms with Crippen LogP contribution in [0.2, 0.25) is 4.34 Å². The third kappa shape index (κ3) is 7.09. The Balaban J connectivity index is 1.78. The number of thiophene rings is 1. The Morgan fingerprint density at radius 1 is 1.29 bits per heavy atom. The van der Waals surface area contributed by atoms with Crippen molar-refractivity contribution in [1.82, 2.24) is 0 Å². The smallest absolute Gasteiger partial charge is 0.311 e. The van der Waals surface area contributed by atoms with Crippen LogP contribution in [0.1, 0.15) is 57.8 Å². The van der Waals surface area contributed by atoms with Crippen molar-refractivity contribution in [1.29, 1.82) is 0 Å². The van der Waals surface area contributed by atoms with Crippen molar-refractivity contribution in [2.75, 3.05) is 11.5 Å². The number of hydrogen-bond acceptors (Lipinski definition) is 7. The fraction of sp³-hybridized carbons (Fsp3) is 0.609. The van der Waals surface area contributed by atoms with Crippen LogP contribution in [0.3, 0.4) is 0 Å². The highest BCUT2D eigenvalue weighted by molar-refractivity contribution is 7.99. The summed E-state index contributed by atoms with van der Waals surface area (Å²) in [5.41, 5.74) is 0.859. The van der Waals surface area contributed by atoms with E-state index in [2.05, 4.69) is 5.16 Å². The van der Waals surface area contributed by atoms with Crippen LogP contribution in [-0.4, -0.2) is 29.0 Å². The topological polar surface area (TPSA) is 65.0 Å². The summed E-state index contributed by atoms with van der Waals surface area (Å²) in [6.07, 6.45) is 3.71. The lowest BCUT2D eigenvalue weighted by Crippen LogP contribution is -2.31. The zero-order chi connectivity index (χ0) is 22.4. The average Bonchev–Trinajstić information content (AvgIpc) is 3.12. The van der Waals surface area contributed by atoms with Crippen LogP contribution in [0.4, 0.5) is 0 Å². The number of carbonyl (C=O) groups is 2. The monoisotopic (exact) mass is 483 g/mol. The fourth-order valence-corrected chi connectivity index (χ4v) is 6.33. The lowest BCUT2D eigenvalue weighted by atomic mass is 9.77. The van der Waals surface area contributed by atoms with E-state index in [1.807, 2.05) is 37.7 Å². The molecule has 0 bridgehead atoms. The van der Waals surface area contributed by atoms with Gasteiger partial charge in [-0.15, -0.1) is 11.3 Å². The first kappa shape index (κ1) is 24.3. The number of esters is 1. The molecular weight excluding hydrogens is 454 g/mol. The predicted molar refractivity (Wildman–Crippen MR) is 128 cm³/mol. The minimum absolute atomic E-state index is 0.0109. The number of ketones is 1. The van der Waals surface area contributed by atoms with Crippen molar-refractivity contribution in [3.63, 3.8) is 0 Å². The highest BCUT2D eigenvalue weighted by atomic mass is 35.5. The summed E-state index contributed by atoms with van der Waals surface area (Å²) in [6.45, 7) is 5.96. The van der Waals surface area contributed by atoms with Gasteiger partial charge in [-0.3, -0.25) is 9.59 Å². The lowest BCUT2D eigenvalue weighted by Gasteiger charge is -2.33. The van der Waals surface area contributed by atoms with Crippen LogP contribution in [0.25, 0.3) is 0 Å². The van der Waals surface area contributed by atoms with Crippen molar-refractivity contribution in [2.45, 2.75) is 59.5 Å². The third-order valence-electron chi connectivity index (χ3n) is 5.53. The van der Waals surface area contributed by atoms with Gasteiger partial charge in [0.1, 0.15) is 5.76 Å². The molecule has 3 rings (SSSR count). The molecule has 2 aliphatic rings. The molecule has 5 nitrogen and oxygen atoms in total. The number of allylic oxidation sites excluding steroid dienone is 2. The highest BCUT2D eigenvalue weighted by Gasteiger charge is 2.36. The Labute approximate surface area is 197 Å². The number of ether oxygens (including phenoxy) is 1. The third-order valence-corrected chi connectivity index (χ3v) is 7.97. The van der Waals surface area contributed by atoms with Crippen LogP contribution >= 0.6 is 34.7 Å². The van der Waals surface area contributed by atoms with E-state index in [1.165, 1.54) is 23.5 Å². The van der Waals surface area contributed by atoms with Crippen molar-refractivity contribution < 1.29 is 19.2 Å². The van der Waals surface area contributed by atoms with Crippen LogP contribution in [0, 0.1) is 17.8 Å². The molecule has 0 aromatic carbocycles. The number of hydrogen-bond donors (Lipinski definition) is 0. The summed E-state index contributed by atoms with van der Waals surface area (Å²) in [5, 5.41) is 4.16. The van der Waals surface area contributed by atoms with E-state index in [1.54, 1.807) is 6.92 Å². The van der Waals surface area contributed by atoms with Gasteiger partial charge in [0.2, 0.25) is 0 Å². The van der Waals surface area contributed by atoms with Crippen LogP contribution in [0.15, 0.2) is 28.6 Å². The molecule has 31 heavy (non-hydrogen) atoms. The Kier molecular flexibility index (Phi) is 9.05. The van der Waals surface area contributed by atoms with Crippen molar-refractivity contribution in [2.24, 2.45) is 22.9 Å². The second-order valence-electron chi connectivity index (χ2n) is 8.59. The zero-order valence-electron chi connectivity index (χ0n) is 18.3. The number of Topliss-reactive ketones (excluding diaryl/α,β-unsaturated/α-hetero) is 1. The lowest BCUT2D eigenvalue weighted by molar-refractivity contribution is -0.141. The summed E-state index contributed by atoms with van der Waals surface area (Å²) >= 11 is 9.33. The molecule has 2 atom stereocenters. The number of nitrogens with zero attached hydrogens (tertiary/aromatic N) is 1. The normalized spacial score (nSPS) is 22.7. The zero-order valence-corrected chi connectivity index (χ0v) is 20.7. The number of thioether (sulfide) groups is 1. The van der Waals surface area contributed by atoms with Crippen molar-refractivity contribution in [3.8, 4) is 0 Å². The maximum Gasteiger partial charge on any atom is 0.311 e. The van der Waals surface area contributed by atoms with Crippen molar-refractivity contribution >= 4 is 52.2 Å². The van der Waals surface area contributed by atoms with Crippen LogP contribution < -0.4 is 0 Å². The van der Waals surface area contributed by atoms with Crippen LogP contribution in [0.5, 0.6) is 0 Å². The quantitative estimate of drug-likeness (QED) is 0.248. The fourth-order valence-electron chi connectivity index (χ4n) is 4.06. The summed E-state index contributed by atoms with van der Waals surface area (Å²) < 4.78 is 6.45. The molecule has 8 heteroatoms. The SMILES string of the molecule is CC(=NOCc1ccc(Cl)s1)C1=C(OC(=O)CC(C)C)CC(C2CCCSC2)CC1=O. The van der Waals surface area contributed by atoms with Crippen LogP contribution in [-0.2, 0) is 25.8 Å². The van der Waals surface area contributed by atoms with Gasteiger partial charge in [-0.25, -0.2) is 0 Å². The van der Waals surface area contributed by atoms with E-state index in [-0.39, 0.29) is 30.2 Å². The molecule has 0 amide bonds. The predicted octanol–water partition coefficient (Wildman–Crippen LogP) is 6.26. The van der Waals surface area contributed by atoms with Gasteiger partial charge in [-0.05, 0) is 61.2 Å². The van der Waals surface area contributed by atoms with E-state index in [9.17, 15) is 9.59 Å². The molecule has 2 heterocycles. The molecule has 1 aliphatic heterocycles. The molecule has 2 unspecified atom stereocenters. The molecule has 1 aliphatic carbocycles. The molecule has 170 valence electrons. The second-order valence-corrected chi connectivity index (χ2v) is 11.5. The Morgan fingerprint density at radius 3 is 2.74 bits per heavy atom. The minimum atomic E-state index is -0.295. The molecule has 1 aromatic rings. The number of halogens is 1. The standard InChI is InChI=1S/C23H30ClNO4S2/c1-14(2)9-22(27)29-20-11-17(16-5-4-8-30-13-16)10-19(26)23(20)15(3)25-28-12-18-6-7-21(24)31-18/h6-7,14,16-17H,4-5,8-13H2,1-3H3. The van der Waals surface area contributed by atoms with Gasteiger partial charge in [0, 0.05) is 24.1 Å². The second kappa shape index (κ2) is 11.5. The minimum Gasteiger partial charge on any atom is -0.430 e.